The van der Waals surface area contributed by atoms with Gasteiger partial charge in [0.1, 0.15) is 18.2 Å². The Morgan fingerprint density at radius 3 is 2.67 bits per heavy atom. The van der Waals surface area contributed by atoms with E-state index >= 15 is 0 Å². The topological polar surface area (TPSA) is 21.4 Å². The second kappa shape index (κ2) is 5.17. The number of fused-ring (bicyclic) bond motifs is 3. The van der Waals surface area contributed by atoms with Crippen LogP contribution in [0.15, 0.2) is 53.1 Å². The quantitative estimate of drug-likeness (QED) is 0.354. The fraction of sp³-hybridized carbons (Fsp3) is 0.100. The van der Waals surface area contributed by atoms with Gasteiger partial charge in [-0.15, -0.1) is 0 Å². The SMILES string of the molecule is [C-]#[N+]c1ccc2c(c1)oc1ccc(C)c(-c3ccc(F)c[n+]3C)c12. The third-order valence-corrected chi connectivity index (χ3v) is 4.31. The summed E-state index contributed by atoms with van der Waals surface area (Å²) in [6, 6.07) is 12.7. The Labute approximate surface area is 138 Å². The minimum Gasteiger partial charge on any atom is -0.457 e. The molecule has 0 spiro atoms. The van der Waals surface area contributed by atoms with Gasteiger partial charge in [-0.25, -0.2) is 9.24 Å². The van der Waals surface area contributed by atoms with Crippen LogP contribution in [0.1, 0.15) is 5.56 Å². The maximum Gasteiger partial charge on any atom is 0.213 e. The summed E-state index contributed by atoms with van der Waals surface area (Å²) in [5.74, 6) is -0.273. The van der Waals surface area contributed by atoms with Crippen LogP contribution in [0.25, 0.3) is 38.0 Å². The lowest BCUT2D eigenvalue weighted by molar-refractivity contribution is -0.661. The Balaban J connectivity index is 2.15. The first-order valence-electron chi connectivity index (χ1n) is 7.57. The molecule has 24 heavy (non-hydrogen) atoms. The van der Waals surface area contributed by atoms with E-state index in [-0.39, 0.29) is 5.82 Å². The average Bonchev–Trinajstić information content (AvgIpc) is 2.93. The molecule has 0 fully saturated rings. The molecular weight excluding hydrogens is 303 g/mol. The molecular formula is C20H14FN2O+. The van der Waals surface area contributed by atoms with E-state index in [1.54, 1.807) is 22.8 Å². The van der Waals surface area contributed by atoms with Crippen molar-refractivity contribution < 1.29 is 13.4 Å². The summed E-state index contributed by atoms with van der Waals surface area (Å²) in [4.78, 5) is 3.46. The van der Waals surface area contributed by atoms with Crippen LogP contribution in [-0.4, -0.2) is 0 Å². The number of hydrogen-bond acceptors (Lipinski definition) is 1. The van der Waals surface area contributed by atoms with Crippen molar-refractivity contribution in [1.82, 2.24) is 0 Å². The monoisotopic (exact) mass is 317 g/mol. The van der Waals surface area contributed by atoms with Gasteiger partial charge < -0.3 is 4.42 Å². The summed E-state index contributed by atoms with van der Waals surface area (Å²) >= 11 is 0. The number of halogens is 1. The molecule has 2 aromatic heterocycles. The molecule has 0 aliphatic heterocycles. The Morgan fingerprint density at radius 2 is 1.92 bits per heavy atom. The lowest BCUT2D eigenvalue weighted by Crippen LogP contribution is -2.31. The molecule has 0 saturated heterocycles. The van der Waals surface area contributed by atoms with Gasteiger partial charge in [-0.2, -0.15) is 4.57 Å². The Hall–Kier alpha value is -3.19. The second-order valence-electron chi connectivity index (χ2n) is 5.87. The van der Waals surface area contributed by atoms with Crippen LogP contribution in [-0.2, 0) is 7.05 Å². The van der Waals surface area contributed by atoms with E-state index in [0.29, 0.717) is 11.3 Å². The van der Waals surface area contributed by atoms with Crippen LogP contribution >= 0.6 is 0 Å². The van der Waals surface area contributed by atoms with Crippen LogP contribution in [0.5, 0.6) is 0 Å². The summed E-state index contributed by atoms with van der Waals surface area (Å²) < 4.78 is 21.2. The van der Waals surface area contributed by atoms with Crippen molar-refractivity contribution in [1.29, 1.82) is 0 Å². The summed E-state index contributed by atoms with van der Waals surface area (Å²) in [5, 5.41) is 1.95. The number of benzene rings is 2. The molecule has 116 valence electrons. The van der Waals surface area contributed by atoms with E-state index in [9.17, 15) is 4.39 Å². The predicted molar refractivity (Wildman–Crippen MR) is 91.3 cm³/mol. The number of furan rings is 1. The van der Waals surface area contributed by atoms with Crippen molar-refractivity contribution in [2.45, 2.75) is 6.92 Å². The standard InChI is InChI=1S/C20H14FN2O/c1-12-4-9-17-20(15-7-6-14(22-2)10-18(15)24-17)19(12)16-8-5-13(21)11-23(16)3/h4-11H,1,3H3/q+1. The molecule has 4 heteroatoms. The molecule has 4 aromatic rings. The smallest absolute Gasteiger partial charge is 0.213 e. The van der Waals surface area contributed by atoms with E-state index in [2.05, 4.69) is 4.85 Å². The highest BCUT2D eigenvalue weighted by Gasteiger charge is 2.20. The molecule has 2 heterocycles. The first kappa shape index (κ1) is 14.4. The second-order valence-corrected chi connectivity index (χ2v) is 5.87. The average molecular weight is 317 g/mol. The van der Waals surface area contributed by atoms with E-state index < -0.39 is 0 Å². The zero-order valence-corrected chi connectivity index (χ0v) is 13.3. The highest BCUT2D eigenvalue weighted by molar-refractivity contribution is 6.13. The Bertz CT molecular complexity index is 1150. The molecule has 0 aliphatic carbocycles. The van der Waals surface area contributed by atoms with Crippen LogP contribution < -0.4 is 4.57 Å². The molecule has 0 bridgehead atoms. The molecule has 0 amide bonds. The number of rotatable bonds is 1. The molecule has 2 aromatic carbocycles. The highest BCUT2D eigenvalue weighted by Crippen LogP contribution is 2.38. The summed E-state index contributed by atoms with van der Waals surface area (Å²) in [6.07, 6.45) is 1.47. The van der Waals surface area contributed by atoms with Gasteiger partial charge in [0, 0.05) is 16.8 Å². The van der Waals surface area contributed by atoms with Crippen LogP contribution in [0.4, 0.5) is 10.1 Å². The van der Waals surface area contributed by atoms with E-state index in [0.717, 1.165) is 33.2 Å². The van der Waals surface area contributed by atoms with Gasteiger partial charge in [-0.1, -0.05) is 18.2 Å². The van der Waals surface area contributed by atoms with Crippen molar-refractivity contribution in [2.24, 2.45) is 7.05 Å². The number of pyridine rings is 1. The minimum atomic E-state index is -0.273. The van der Waals surface area contributed by atoms with Crippen LogP contribution in [0, 0.1) is 19.3 Å². The number of nitrogens with zero attached hydrogens (tertiary/aromatic N) is 2. The molecule has 0 radical (unpaired) electrons. The van der Waals surface area contributed by atoms with Crippen molar-refractivity contribution >= 4 is 27.6 Å². The largest absolute Gasteiger partial charge is 0.457 e. The van der Waals surface area contributed by atoms with Crippen molar-refractivity contribution in [2.75, 3.05) is 0 Å². The molecule has 4 rings (SSSR count). The van der Waals surface area contributed by atoms with Crippen molar-refractivity contribution in [3.63, 3.8) is 0 Å². The summed E-state index contributed by atoms with van der Waals surface area (Å²) in [5.41, 5.74) is 5.02. The lowest BCUT2D eigenvalue weighted by atomic mass is 9.98. The highest BCUT2D eigenvalue weighted by atomic mass is 19.1. The first-order chi connectivity index (χ1) is 11.6. The number of aromatic nitrogens is 1. The number of hydrogen-bond donors (Lipinski definition) is 0. The maximum atomic E-state index is 13.5. The molecule has 0 saturated carbocycles. The van der Waals surface area contributed by atoms with Gasteiger partial charge in [0.15, 0.2) is 11.5 Å². The van der Waals surface area contributed by atoms with Crippen LogP contribution in [0.2, 0.25) is 0 Å². The van der Waals surface area contributed by atoms with Crippen LogP contribution in [0.3, 0.4) is 0 Å². The molecule has 0 N–H and O–H groups in total. The third-order valence-electron chi connectivity index (χ3n) is 4.31. The van der Waals surface area contributed by atoms with Gasteiger partial charge >= 0.3 is 0 Å². The first-order valence-corrected chi connectivity index (χ1v) is 7.57. The van der Waals surface area contributed by atoms with E-state index in [1.807, 2.05) is 32.2 Å². The summed E-state index contributed by atoms with van der Waals surface area (Å²) in [6.45, 7) is 9.19. The van der Waals surface area contributed by atoms with Gasteiger partial charge in [0.25, 0.3) is 0 Å². The van der Waals surface area contributed by atoms with Gasteiger partial charge in [-0.05, 0) is 30.7 Å². The summed E-state index contributed by atoms with van der Waals surface area (Å²) in [7, 11) is 1.83. The van der Waals surface area contributed by atoms with Gasteiger partial charge in [-0.3, -0.25) is 0 Å². The van der Waals surface area contributed by atoms with E-state index in [4.69, 9.17) is 11.0 Å². The van der Waals surface area contributed by atoms with Gasteiger partial charge in [0.2, 0.25) is 11.9 Å². The predicted octanol–water partition coefficient (Wildman–Crippen LogP) is 5.08. The molecule has 3 nitrogen and oxygen atoms in total. The zero-order chi connectivity index (χ0) is 16.8. The fourth-order valence-electron chi connectivity index (χ4n) is 3.19. The Kier molecular flexibility index (Phi) is 3.10. The molecule has 0 aliphatic rings. The zero-order valence-electron chi connectivity index (χ0n) is 13.3. The molecule has 0 unspecified atom stereocenters. The normalized spacial score (nSPS) is 11.1. The fourth-order valence-corrected chi connectivity index (χ4v) is 3.19. The van der Waals surface area contributed by atoms with Gasteiger partial charge in [0.05, 0.1) is 12.1 Å². The third kappa shape index (κ3) is 2.06. The lowest BCUT2D eigenvalue weighted by Gasteiger charge is -2.06. The maximum absolute atomic E-state index is 13.5. The minimum absolute atomic E-state index is 0.273. The van der Waals surface area contributed by atoms with E-state index in [1.165, 1.54) is 12.3 Å². The molecule has 0 atom stereocenters. The van der Waals surface area contributed by atoms with Crippen molar-refractivity contribution in [3.05, 3.63) is 71.5 Å². The van der Waals surface area contributed by atoms with Crippen molar-refractivity contribution in [3.8, 4) is 11.3 Å². The number of aryl methyl sites for hydroxylation is 2. The Morgan fingerprint density at radius 1 is 1.08 bits per heavy atom.